The molecule has 3 aromatic rings. The molecule has 1 unspecified atom stereocenters. The quantitative estimate of drug-likeness (QED) is 0.513. The average Bonchev–Trinajstić information content (AvgIpc) is 3.33. The number of aromatic nitrogens is 4. The summed E-state index contributed by atoms with van der Waals surface area (Å²) in [5.41, 5.74) is 0.446. The number of nitrogens with zero attached hydrogens (tertiary/aromatic N) is 4. The SMILES string of the molecule is CC(C(=O)Nc1cnn(Cc2cccc(Cl)c2)c1)n1nc(C(F)(F)F)c(Cl)c1C1CC1. The molecule has 1 fully saturated rings. The Morgan fingerprint density at radius 2 is 2.06 bits per heavy atom. The first-order valence-electron chi connectivity index (χ1n) is 9.56. The molecule has 31 heavy (non-hydrogen) atoms. The number of halogens is 5. The molecule has 1 atom stereocenters. The Labute approximate surface area is 185 Å². The van der Waals surface area contributed by atoms with Crippen molar-refractivity contribution in [1.29, 1.82) is 0 Å². The number of amides is 1. The zero-order valence-corrected chi connectivity index (χ0v) is 17.8. The second-order valence-corrected chi connectivity index (χ2v) is 8.30. The maximum absolute atomic E-state index is 13.3. The van der Waals surface area contributed by atoms with Crippen molar-refractivity contribution < 1.29 is 18.0 Å². The van der Waals surface area contributed by atoms with E-state index in [9.17, 15) is 18.0 Å². The molecule has 2 heterocycles. The zero-order chi connectivity index (χ0) is 22.3. The summed E-state index contributed by atoms with van der Waals surface area (Å²) in [5.74, 6) is -0.635. The van der Waals surface area contributed by atoms with Crippen LogP contribution in [0, 0.1) is 0 Å². The van der Waals surface area contributed by atoms with E-state index in [0.717, 1.165) is 10.2 Å². The van der Waals surface area contributed by atoms with Gasteiger partial charge in [-0.15, -0.1) is 0 Å². The summed E-state index contributed by atoms with van der Waals surface area (Å²) < 4.78 is 42.5. The van der Waals surface area contributed by atoms with Gasteiger partial charge in [0, 0.05) is 17.1 Å². The van der Waals surface area contributed by atoms with Gasteiger partial charge < -0.3 is 5.32 Å². The number of benzene rings is 1. The van der Waals surface area contributed by atoms with Crippen molar-refractivity contribution >= 4 is 34.8 Å². The minimum Gasteiger partial charge on any atom is -0.322 e. The standard InChI is InChI=1S/C20H18Cl2F3N5O/c1-11(30-17(13-5-6-13)16(22)18(28-30)20(23,24)25)19(31)27-15-8-26-29(10-15)9-12-3-2-4-14(21)7-12/h2-4,7-8,10-11,13H,5-6,9H2,1H3,(H,27,31). The third kappa shape index (κ3) is 4.72. The van der Waals surface area contributed by atoms with Crippen LogP contribution in [-0.2, 0) is 17.5 Å². The van der Waals surface area contributed by atoms with Crippen molar-refractivity contribution in [2.45, 2.75) is 44.4 Å². The molecule has 1 aliphatic carbocycles. The lowest BCUT2D eigenvalue weighted by atomic mass is 10.2. The van der Waals surface area contributed by atoms with Gasteiger partial charge in [-0.25, -0.2) is 0 Å². The third-order valence-electron chi connectivity index (χ3n) is 5.00. The zero-order valence-electron chi connectivity index (χ0n) is 16.3. The number of hydrogen-bond donors (Lipinski definition) is 1. The highest BCUT2D eigenvalue weighted by molar-refractivity contribution is 6.32. The Balaban J connectivity index is 1.50. The number of anilines is 1. The van der Waals surface area contributed by atoms with E-state index in [2.05, 4.69) is 15.5 Å². The number of nitrogens with one attached hydrogen (secondary N) is 1. The highest BCUT2D eigenvalue weighted by atomic mass is 35.5. The molecule has 2 aromatic heterocycles. The Bertz CT molecular complexity index is 1120. The van der Waals surface area contributed by atoms with Crippen LogP contribution in [0.25, 0.3) is 0 Å². The number of carbonyl (C=O) groups is 1. The van der Waals surface area contributed by atoms with E-state index in [1.165, 1.54) is 13.1 Å². The van der Waals surface area contributed by atoms with E-state index in [4.69, 9.17) is 23.2 Å². The molecule has 0 bridgehead atoms. The van der Waals surface area contributed by atoms with Crippen LogP contribution in [0.4, 0.5) is 18.9 Å². The van der Waals surface area contributed by atoms with Crippen LogP contribution in [0.1, 0.15) is 48.7 Å². The lowest BCUT2D eigenvalue weighted by Gasteiger charge is -2.15. The second-order valence-electron chi connectivity index (χ2n) is 7.49. The molecule has 0 aliphatic heterocycles. The average molecular weight is 472 g/mol. The van der Waals surface area contributed by atoms with Crippen LogP contribution in [0.2, 0.25) is 10.0 Å². The lowest BCUT2D eigenvalue weighted by Crippen LogP contribution is -2.26. The number of carbonyl (C=O) groups excluding carboxylic acids is 1. The molecule has 11 heteroatoms. The molecule has 1 aromatic carbocycles. The van der Waals surface area contributed by atoms with Gasteiger partial charge in [-0.05, 0) is 37.5 Å². The van der Waals surface area contributed by atoms with Crippen molar-refractivity contribution in [3.8, 4) is 0 Å². The monoisotopic (exact) mass is 471 g/mol. The molecule has 1 saturated carbocycles. The number of rotatable bonds is 6. The molecule has 164 valence electrons. The van der Waals surface area contributed by atoms with E-state index in [1.807, 2.05) is 18.2 Å². The molecule has 1 amide bonds. The first kappa shape index (κ1) is 21.7. The van der Waals surface area contributed by atoms with Crippen molar-refractivity contribution in [2.75, 3.05) is 5.32 Å². The topological polar surface area (TPSA) is 64.7 Å². The summed E-state index contributed by atoms with van der Waals surface area (Å²) >= 11 is 12.0. The fourth-order valence-electron chi connectivity index (χ4n) is 3.32. The van der Waals surface area contributed by atoms with Crippen molar-refractivity contribution in [3.63, 3.8) is 0 Å². The van der Waals surface area contributed by atoms with E-state index in [0.29, 0.717) is 30.1 Å². The first-order valence-corrected chi connectivity index (χ1v) is 10.3. The predicted octanol–water partition coefficient (Wildman–Crippen LogP) is 5.53. The van der Waals surface area contributed by atoms with Crippen molar-refractivity contribution in [2.24, 2.45) is 0 Å². The molecular weight excluding hydrogens is 454 g/mol. The fraction of sp³-hybridized carbons (Fsp3) is 0.350. The maximum atomic E-state index is 13.3. The van der Waals surface area contributed by atoms with Gasteiger partial charge in [0.25, 0.3) is 0 Å². The van der Waals surface area contributed by atoms with Gasteiger partial charge in [-0.2, -0.15) is 23.4 Å². The number of hydrogen-bond acceptors (Lipinski definition) is 3. The van der Waals surface area contributed by atoms with Crippen LogP contribution in [0.15, 0.2) is 36.7 Å². The van der Waals surface area contributed by atoms with E-state index >= 15 is 0 Å². The van der Waals surface area contributed by atoms with Crippen LogP contribution in [-0.4, -0.2) is 25.5 Å². The van der Waals surface area contributed by atoms with Gasteiger partial charge in [0.05, 0.1) is 29.1 Å². The summed E-state index contributed by atoms with van der Waals surface area (Å²) in [4.78, 5) is 12.7. The highest BCUT2D eigenvalue weighted by Crippen LogP contribution is 2.47. The summed E-state index contributed by atoms with van der Waals surface area (Å²) in [6.07, 6.45) is -0.164. The molecule has 4 rings (SSSR count). The smallest absolute Gasteiger partial charge is 0.322 e. The molecule has 6 nitrogen and oxygen atoms in total. The molecule has 1 N–H and O–H groups in total. The van der Waals surface area contributed by atoms with Crippen LogP contribution in [0.5, 0.6) is 0 Å². The summed E-state index contributed by atoms with van der Waals surface area (Å²) in [5, 5.41) is 10.7. The molecule has 0 radical (unpaired) electrons. The minimum absolute atomic E-state index is 0.119. The Morgan fingerprint density at radius 1 is 1.32 bits per heavy atom. The first-order chi connectivity index (χ1) is 14.6. The Kier molecular flexibility index (Phi) is 5.74. The van der Waals surface area contributed by atoms with Crippen LogP contribution < -0.4 is 5.32 Å². The van der Waals surface area contributed by atoms with Crippen LogP contribution in [0.3, 0.4) is 0 Å². The molecule has 0 saturated heterocycles. The van der Waals surface area contributed by atoms with Crippen LogP contribution >= 0.6 is 23.2 Å². The second kappa shape index (κ2) is 8.20. The summed E-state index contributed by atoms with van der Waals surface area (Å²) in [6, 6.07) is 6.31. The Morgan fingerprint density at radius 3 is 2.71 bits per heavy atom. The Hall–Kier alpha value is -2.52. The van der Waals surface area contributed by atoms with Crippen molar-refractivity contribution in [3.05, 3.63) is 63.7 Å². The summed E-state index contributed by atoms with van der Waals surface area (Å²) in [7, 11) is 0. The lowest BCUT2D eigenvalue weighted by molar-refractivity contribution is -0.141. The minimum atomic E-state index is -4.69. The molecular formula is C20H18Cl2F3N5O. The van der Waals surface area contributed by atoms with Gasteiger partial charge in [-0.3, -0.25) is 14.2 Å². The van der Waals surface area contributed by atoms with E-state index in [-0.39, 0.29) is 11.6 Å². The fourth-order valence-corrected chi connectivity index (χ4v) is 3.92. The third-order valence-corrected chi connectivity index (χ3v) is 5.61. The maximum Gasteiger partial charge on any atom is 0.436 e. The predicted molar refractivity (Wildman–Crippen MR) is 110 cm³/mol. The van der Waals surface area contributed by atoms with Gasteiger partial charge in [0.1, 0.15) is 6.04 Å². The van der Waals surface area contributed by atoms with E-state index < -0.39 is 28.8 Å². The highest BCUT2D eigenvalue weighted by Gasteiger charge is 2.43. The van der Waals surface area contributed by atoms with Gasteiger partial charge in [-0.1, -0.05) is 35.3 Å². The summed E-state index contributed by atoms with van der Waals surface area (Å²) in [6.45, 7) is 1.93. The largest absolute Gasteiger partial charge is 0.436 e. The van der Waals surface area contributed by atoms with Gasteiger partial charge >= 0.3 is 6.18 Å². The van der Waals surface area contributed by atoms with Crippen molar-refractivity contribution in [1.82, 2.24) is 19.6 Å². The normalized spacial score (nSPS) is 15.2. The van der Waals surface area contributed by atoms with Gasteiger partial charge in [0.2, 0.25) is 5.91 Å². The van der Waals surface area contributed by atoms with E-state index in [1.54, 1.807) is 16.9 Å². The van der Waals surface area contributed by atoms with Gasteiger partial charge in [0.15, 0.2) is 5.69 Å². The molecule has 1 aliphatic rings. The molecule has 0 spiro atoms. The number of alkyl halides is 3.